The maximum atomic E-state index is 10.3. The van der Waals surface area contributed by atoms with Gasteiger partial charge in [-0.25, -0.2) is 0 Å². The first-order valence-electron chi connectivity index (χ1n) is 10.1. The summed E-state index contributed by atoms with van der Waals surface area (Å²) in [6, 6.07) is 11.0. The topological polar surface area (TPSA) is 96.1 Å². The van der Waals surface area contributed by atoms with Crippen LogP contribution in [0, 0.1) is 0 Å². The van der Waals surface area contributed by atoms with E-state index >= 15 is 0 Å². The minimum atomic E-state index is -1.01. The Labute approximate surface area is 188 Å². The summed E-state index contributed by atoms with van der Waals surface area (Å²) < 4.78 is 27.5. The number of hydrogen-bond donors (Lipinski definition) is 1. The summed E-state index contributed by atoms with van der Waals surface area (Å²) in [6.07, 6.45) is 0. The van der Waals surface area contributed by atoms with Crippen molar-refractivity contribution in [1.82, 2.24) is 10.1 Å². The van der Waals surface area contributed by atoms with Crippen molar-refractivity contribution in [2.45, 2.75) is 38.9 Å². The summed E-state index contributed by atoms with van der Waals surface area (Å²) in [5, 5.41) is 14.4. The van der Waals surface area contributed by atoms with Gasteiger partial charge in [0.2, 0.25) is 11.6 Å². The standard InChI is InChI=1S/C23H28BN2O6/c1-22(2,27)23(3,4)32-24-16-10-8-9-14(11-16)20-25-21(31-26-20)15-12-17(28-5)19(30-7)18(13-15)29-6/h8-13,27H,1-7H3. The van der Waals surface area contributed by atoms with Crippen molar-refractivity contribution >= 4 is 12.9 Å². The molecular formula is C23H28BN2O6. The molecule has 0 saturated heterocycles. The van der Waals surface area contributed by atoms with E-state index in [1.165, 1.54) is 0 Å². The van der Waals surface area contributed by atoms with Crippen LogP contribution in [0.4, 0.5) is 0 Å². The third-order valence-electron chi connectivity index (χ3n) is 5.45. The van der Waals surface area contributed by atoms with Gasteiger partial charge in [0.15, 0.2) is 11.5 Å². The van der Waals surface area contributed by atoms with Gasteiger partial charge in [-0.15, -0.1) is 0 Å². The van der Waals surface area contributed by atoms with E-state index in [4.69, 9.17) is 23.4 Å². The third-order valence-corrected chi connectivity index (χ3v) is 5.45. The van der Waals surface area contributed by atoms with Gasteiger partial charge in [0, 0.05) is 11.1 Å². The van der Waals surface area contributed by atoms with E-state index < -0.39 is 11.2 Å². The molecule has 0 atom stereocenters. The summed E-state index contributed by atoms with van der Waals surface area (Å²) in [6.45, 7) is 7.08. The SMILES string of the molecule is COc1cc(-c2nc(-c3cccc([B]OC(C)(C)C(C)(C)O)c3)no2)cc(OC)c1OC. The molecule has 8 nitrogen and oxygen atoms in total. The van der Waals surface area contributed by atoms with Crippen molar-refractivity contribution in [2.75, 3.05) is 21.3 Å². The lowest BCUT2D eigenvalue weighted by Crippen LogP contribution is -2.49. The molecule has 3 aromatic rings. The Morgan fingerprint density at radius 3 is 2.12 bits per heavy atom. The lowest BCUT2D eigenvalue weighted by molar-refractivity contribution is -0.0893. The fourth-order valence-electron chi connectivity index (χ4n) is 2.77. The lowest BCUT2D eigenvalue weighted by atomic mass is 9.82. The number of nitrogens with zero attached hydrogens (tertiary/aromatic N) is 2. The van der Waals surface area contributed by atoms with Crippen LogP contribution in [-0.2, 0) is 4.65 Å². The van der Waals surface area contributed by atoms with Crippen LogP contribution in [-0.4, -0.2) is 55.3 Å². The highest BCUT2D eigenvalue weighted by Gasteiger charge is 2.35. The molecule has 0 saturated carbocycles. The smallest absolute Gasteiger partial charge is 0.330 e. The van der Waals surface area contributed by atoms with Gasteiger partial charge in [-0.05, 0) is 39.8 Å². The maximum Gasteiger partial charge on any atom is 0.330 e. The van der Waals surface area contributed by atoms with Gasteiger partial charge in [0.05, 0.1) is 32.5 Å². The Hall–Kier alpha value is -3.04. The number of aromatic nitrogens is 2. The second kappa shape index (κ2) is 9.22. The zero-order chi connectivity index (χ0) is 23.5. The second-order valence-electron chi connectivity index (χ2n) is 8.27. The van der Waals surface area contributed by atoms with Crippen molar-refractivity contribution in [3.8, 4) is 40.1 Å². The first-order chi connectivity index (χ1) is 15.1. The highest BCUT2D eigenvalue weighted by molar-refractivity contribution is 6.47. The highest BCUT2D eigenvalue weighted by Crippen LogP contribution is 2.41. The molecule has 0 bridgehead atoms. The Bertz CT molecular complexity index is 1050. The molecule has 169 valence electrons. The van der Waals surface area contributed by atoms with Gasteiger partial charge in [-0.3, -0.25) is 0 Å². The molecule has 0 fully saturated rings. The van der Waals surface area contributed by atoms with Crippen LogP contribution in [0.25, 0.3) is 22.8 Å². The van der Waals surface area contributed by atoms with Crippen molar-refractivity contribution in [1.29, 1.82) is 0 Å². The van der Waals surface area contributed by atoms with Crippen LogP contribution in [0.3, 0.4) is 0 Å². The molecule has 32 heavy (non-hydrogen) atoms. The number of benzene rings is 2. The van der Waals surface area contributed by atoms with E-state index in [2.05, 4.69) is 10.1 Å². The number of rotatable bonds is 9. The first kappa shape index (κ1) is 23.6. The monoisotopic (exact) mass is 439 g/mol. The minimum absolute atomic E-state index is 0.313. The van der Waals surface area contributed by atoms with Crippen molar-refractivity contribution in [3.63, 3.8) is 0 Å². The van der Waals surface area contributed by atoms with E-state index in [9.17, 15) is 5.11 Å². The Morgan fingerprint density at radius 1 is 0.906 bits per heavy atom. The molecule has 9 heteroatoms. The van der Waals surface area contributed by atoms with E-state index in [-0.39, 0.29) is 0 Å². The van der Waals surface area contributed by atoms with Gasteiger partial charge >= 0.3 is 7.48 Å². The van der Waals surface area contributed by atoms with Crippen LogP contribution in [0.5, 0.6) is 17.2 Å². The first-order valence-corrected chi connectivity index (χ1v) is 10.1. The van der Waals surface area contributed by atoms with Gasteiger partial charge in [0.1, 0.15) is 0 Å². The maximum absolute atomic E-state index is 10.3. The Kier molecular flexibility index (Phi) is 6.81. The zero-order valence-corrected chi connectivity index (χ0v) is 19.4. The normalized spacial score (nSPS) is 11.9. The highest BCUT2D eigenvalue weighted by atomic mass is 16.5. The van der Waals surface area contributed by atoms with Gasteiger partial charge in [-0.2, -0.15) is 4.98 Å². The fourth-order valence-corrected chi connectivity index (χ4v) is 2.77. The minimum Gasteiger partial charge on any atom is -0.493 e. The van der Waals surface area contributed by atoms with Crippen LogP contribution in [0.15, 0.2) is 40.9 Å². The van der Waals surface area contributed by atoms with E-state index in [1.54, 1.807) is 54.8 Å². The Morgan fingerprint density at radius 2 is 1.56 bits per heavy atom. The number of methoxy groups -OCH3 is 3. The van der Waals surface area contributed by atoms with E-state index in [0.717, 1.165) is 11.0 Å². The Balaban J connectivity index is 1.86. The third kappa shape index (κ3) is 4.89. The molecule has 1 N–H and O–H groups in total. The summed E-state index contributed by atoms with van der Waals surface area (Å²) in [5.74, 6) is 2.20. The summed E-state index contributed by atoms with van der Waals surface area (Å²) in [4.78, 5) is 4.52. The molecule has 2 aromatic carbocycles. The lowest BCUT2D eigenvalue weighted by Gasteiger charge is -2.37. The van der Waals surface area contributed by atoms with Crippen LogP contribution >= 0.6 is 0 Å². The van der Waals surface area contributed by atoms with Crippen molar-refractivity contribution in [2.24, 2.45) is 0 Å². The van der Waals surface area contributed by atoms with Crippen LogP contribution in [0.2, 0.25) is 0 Å². The summed E-state index contributed by atoms with van der Waals surface area (Å²) >= 11 is 0. The van der Waals surface area contributed by atoms with Crippen LogP contribution in [0.1, 0.15) is 27.7 Å². The molecule has 1 aromatic heterocycles. The van der Waals surface area contributed by atoms with Crippen molar-refractivity contribution < 1.29 is 28.5 Å². The largest absolute Gasteiger partial charge is 0.493 e. The van der Waals surface area contributed by atoms with E-state index in [1.807, 2.05) is 38.1 Å². The van der Waals surface area contributed by atoms with Crippen molar-refractivity contribution in [3.05, 3.63) is 36.4 Å². The summed E-state index contributed by atoms with van der Waals surface area (Å²) in [7, 11) is 6.25. The molecule has 0 amide bonds. The average Bonchev–Trinajstić information content (AvgIpc) is 3.26. The molecule has 0 aliphatic rings. The number of ether oxygens (including phenoxy) is 3. The molecule has 0 unspecified atom stereocenters. The molecule has 1 radical (unpaired) electrons. The molecule has 1 heterocycles. The zero-order valence-electron chi connectivity index (χ0n) is 19.4. The van der Waals surface area contributed by atoms with Gasteiger partial charge in [0.25, 0.3) is 5.89 Å². The molecule has 0 spiro atoms. The molecule has 0 aliphatic heterocycles. The number of aliphatic hydroxyl groups is 1. The van der Waals surface area contributed by atoms with Crippen LogP contribution < -0.4 is 19.7 Å². The molecule has 3 rings (SSSR count). The van der Waals surface area contributed by atoms with E-state index in [0.29, 0.717) is 34.5 Å². The average molecular weight is 439 g/mol. The predicted octanol–water partition coefficient (Wildman–Crippen LogP) is 3.24. The molecule has 0 aliphatic carbocycles. The predicted molar refractivity (Wildman–Crippen MR) is 122 cm³/mol. The van der Waals surface area contributed by atoms with Gasteiger partial charge < -0.3 is 28.5 Å². The number of hydrogen-bond acceptors (Lipinski definition) is 8. The fraction of sp³-hybridized carbons (Fsp3) is 0.391. The second-order valence-corrected chi connectivity index (χ2v) is 8.27. The summed E-state index contributed by atoms with van der Waals surface area (Å²) in [5.41, 5.74) is 0.417. The molecular weight excluding hydrogens is 411 g/mol. The quantitative estimate of drug-likeness (QED) is 0.508. The van der Waals surface area contributed by atoms with Gasteiger partial charge in [-0.1, -0.05) is 34.9 Å².